The van der Waals surface area contributed by atoms with Crippen LogP contribution in [-0.4, -0.2) is 47.7 Å². The minimum Gasteiger partial charge on any atom is -0.368 e. The van der Waals surface area contributed by atoms with E-state index in [4.69, 9.17) is 10.5 Å². The topological polar surface area (TPSA) is 64.3 Å². The van der Waals surface area contributed by atoms with Gasteiger partial charge in [-0.1, -0.05) is 6.92 Å². The van der Waals surface area contributed by atoms with Crippen molar-refractivity contribution in [3.05, 3.63) is 23.3 Å². The first kappa shape index (κ1) is 14.4. The second-order valence-corrected chi connectivity index (χ2v) is 5.06. The maximum absolute atomic E-state index is 5.83. The summed E-state index contributed by atoms with van der Waals surface area (Å²) in [6, 6.07) is 2.00. The Morgan fingerprint density at radius 3 is 3.05 bits per heavy atom. The van der Waals surface area contributed by atoms with Crippen LogP contribution < -0.4 is 5.73 Å². The van der Waals surface area contributed by atoms with E-state index >= 15 is 0 Å². The van der Waals surface area contributed by atoms with Crippen molar-refractivity contribution < 1.29 is 4.74 Å². The van der Waals surface area contributed by atoms with Crippen LogP contribution in [0.2, 0.25) is 0 Å². The molecule has 1 atom stereocenters. The van der Waals surface area contributed by atoms with Gasteiger partial charge in [0, 0.05) is 30.9 Å². The van der Waals surface area contributed by atoms with E-state index in [-0.39, 0.29) is 6.10 Å². The SMILES string of the molecule is CCCN1CCOC(c2nc(C)cc(CCN)n2)C1. The molecular formula is C14H24N4O. The maximum Gasteiger partial charge on any atom is 0.158 e. The highest BCUT2D eigenvalue weighted by Gasteiger charge is 2.24. The molecule has 2 rings (SSSR count). The number of ether oxygens (including phenoxy) is 1. The van der Waals surface area contributed by atoms with Gasteiger partial charge in [-0.2, -0.15) is 0 Å². The fourth-order valence-electron chi connectivity index (χ4n) is 2.46. The lowest BCUT2D eigenvalue weighted by molar-refractivity contribution is -0.0343. The molecule has 0 aromatic carbocycles. The number of nitrogens with two attached hydrogens (primary N) is 1. The second kappa shape index (κ2) is 6.93. The molecular weight excluding hydrogens is 240 g/mol. The van der Waals surface area contributed by atoms with E-state index in [0.717, 1.165) is 49.9 Å². The molecule has 0 amide bonds. The average molecular weight is 264 g/mol. The predicted molar refractivity (Wildman–Crippen MR) is 75.0 cm³/mol. The van der Waals surface area contributed by atoms with Crippen molar-refractivity contribution in [2.75, 3.05) is 32.8 Å². The first-order valence-corrected chi connectivity index (χ1v) is 7.11. The number of aryl methyl sites for hydroxylation is 1. The molecule has 0 aliphatic carbocycles. The average Bonchev–Trinajstić information content (AvgIpc) is 2.39. The summed E-state index contributed by atoms with van der Waals surface area (Å²) in [5, 5.41) is 0. The molecule has 106 valence electrons. The highest BCUT2D eigenvalue weighted by Crippen LogP contribution is 2.20. The standard InChI is InChI=1S/C14H24N4O/c1-3-6-18-7-8-19-13(10-18)14-16-11(2)9-12(17-14)4-5-15/h9,13H,3-8,10,15H2,1-2H3. The summed E-state index contributed by atoms with van der Waals surface area (Å²) < 4.78 is 5.83. The van der Waals surface area contributed by atoms with Crippen molar-refractivity contribution in [3.63, 3.8) is 0 Å². The molecule has 2 heterocycles. The van der Waals surface area contributed by atoms with Gasteiger partial charge >= 0.3 is 0 Å². The molecule has 1 saturated heterocycles. The molecule has 2 N–H and O–H groups in total. The van der Waals surface area contributed by atoms with Gasteiger partial charge in [0.15, 0.2) is 5.82 Å². The van der Waals surface area contributed by atoms with E-state index in [1.165, 1.54) is 6.42 Å². The maximum atomic E-state index is 5.83. The van der Waals surface area contributed by atoms with Crippen LogP contribution in [0, 0.1) is 6.92 Å². The van der Waals surface area contributed by atoms with Crippen LogP contribution in [0.1, 0.15) is 36.7 Å². The molecule has 0 radical (unpaired) electrons. The van der Waals surface area contributed by atoms with Crippen LogP contribution >= 0.6 is 0 Å². The molecule has 1 aliphatic rings. The van der Waals surface area contributed by atoms with Crippen molar-refractivity contribution in [3.8, 4) is 0 Å². The molecule has 0 saturated carbocycles. The van der Waals surface area contributed by atoms with Crippen molar-refractivity contribution >= 4 is 0 Å². The largest absolute Gasteiger partial charge is 0.368 e. The zero-order valence-electron chi connectivity index (χ0n) is 11.9. The minimum atomic E-state index is -0.00303. The molecule has 0 spiro atoms. The third kappa shape index (κ3) is 3.96. The normalized spacial score (nSPS) is 20.7. The Balaban J connectivity index is 2.11. The zero-order chi connectivity index (χ0) is 13.7. The summed E-state index contributed by atoms with van der Waals surface area (Å²) in [6.07, 6.45) is 1.96. The number of nitrogens with zero attached hydrogens (tertiary/aromatic N) is 3. The van der Waals surface area contributed by atoms with Gasteiger partial charge in [-0.15, -0.1) is 0 Å². The van der Waals surface area contributed by atoms with Crippen molar-refractivity contribution in [2.45, 2.75) is 32.8 Å². The predicted octanol–water partition coefficient (Wildman–Crippen LogP) is 1.07. The Hall–Kier alpha value is -1.04. The number of morpholine rings is 1. The summed E-state index contributed by atoms with van der Waals surface area (Å²) in [6.45, 7) is 8.58. The first-order valence-electron chi connectivity index (χ1n) is 7.11. The molecule has 1 aliphatic heterocycles. The quantitative estimate of drug-likeness (QED) is 0.862. The van der Waals surface area contributed by atoms with Crippen LogP contribution in [-0.2, 0) is 11.2 Å². The zero-order valence-corrected chi connectivity index (χ0v) is 11.9. The van der Waals surface area contributed by atoms with Crippen LogP contribution in [0.25, 0.3) is 0 Å². The van der Waals surface area contributed by atoms with Gasteiger partial charge < -0.3 is 10.5 Å². The lowest BCUT2D eigenvalue weighted by atomic mass is 10.2. The van der Waals surface area contributed by atoms with Crippen molar-refractivity contribution in [1.29, 1.82) is 0 Å². The Morgan fingerprint density at radius 2 is 2.32 bits per heavy atom. The summed E-state index contributed by atoms with van der Waals surface area (Å²) in [5.41, 5.74) is 7.61. The number of aromatic nitrogens is 2. The summed E-state index contributed by atoms with van der Waals surface area (Å²) in [4.78, 5) is 11.5. The van der Waals surface area contributed by atoms with E-state index in [1.807, 2.05) is 13.0 Å². The van der Waals surface area contributed by atoms with Gasteiger partial charge in [0.25, 0.3) is 0 Å². The fourth-order valence-corrected chi connectivity index (χ4v) is 2.46. The smallest absolute Gasteiger partial charge is 0.158 e. The highest BCUT2D eigenvalue weighted by atomic mass is 16.5. The first-order chi connectivity index (χ1) is 9.22. The third-order valence-corrected chi connectivity index (χ3v) is 3.30. The van der Waals surface area contributed by atoms with E-state index in [1.54, 1.807) is 0 Å². The number of hydrogen-bond donors (Lipinski definition) is 1. The monoisotopic (exact) mass is 264 g/mol. The molecule has 1 aromatic heterocycles. The Morgan fingerprint density at radius 1 is 1.47 bits per heavy atom. The summed E-state index contributed by atoms with van der Waals surface area (Å²) in [7, 11) is 0. The summed E-state index contributed by atoms with van der Waals surface area (Å²) in [5.74, 6) is 0.809. The van der Waals surface area contributed by atoms with Gasteiger partial charge in [0.05, 0.1) is 6.61 Å². The Labute approximate surface area is 115 Å². The third-order valence-electron chi connectivity index (χ3n) is 3.30. The molecule has 19 heavy (non-hydrogen) atoms. The van der Waals surface area contributed by atoms with Gasteiger partial charge in [0.2, 0.25) is 0 Å². The second-order valence-electron chi connectivity index (χ2n) is 5.06. The Bertz CT molecular complexity index is 408. The van der Waals surface area contributed by atoms with Crippen LogP contribution in [0.4, 0.5) is 0 Å². The van der Waals surface area contributed by atoms with Crippen molar-refractivity contribution in [1.82, 2.24) is 14.9 Å². The van der Waals surface area contributed by atoms with Gasteiger partial charge in [-0.05, 0) is 32.5 Å². The van der Waals surface area contributed by atoms with E-state index in [0.29, 0.717) is 6.54 Å². The van der Waals surface area contributed by atoms with Crippen LogP contribution in [0.5, 0.6) is 0 Å². The van der Waals surface area contributed by atoms with E-state index < -0.39 is 0 Å². The number of hydrogen-bond acceptors (Lipinski definition) is 5. The summed E-state index contributed by atoms with van der Waals surface area (Å²) >= 11 is 0. The number of rotatable bonds is 5. The van der Waals surface area contributed by atoms with E-state index in [9.17, 15) is 0 Å². The van der Waals surface area contributed by atoms with Crippen LogP contribution in [0.15, 0.2) is 6.07 Å². The molecule has 5 nitrogen and oxygen atoms in total. The highest BCUT2D eigenvalue weighted by molar-refractivity contribution is 5.12. The van der Waals surface area contributed by atoms with E-state index in [2.05, 4.69) is 21.8 Å². The fraction of sp³-hybridized carbons (Fsp3) is 0.714. The molecule has 1 unspecified atom stereocenters. The lowest BCUT2D eigenvalue weighted by Crippen LogP contribution is -2.39. The lowest BCUT2D eigenvalue weighted by Gasteiger charge is -2.32. The minimum absolute atomic E-state index is 0.00303. The van der Waals surface area contributed by atoms with Gasteiger partial charge in [-0.3, -0.25) is 4.90 Å². The van der Waals surface area contributed by atoms with Gasteiger partial charge in [-0.25, -0.2) is 9.97 Å². The van der Waals surface area contributed by atoms with Crippen molar-refractivity contribution in [2.24, 2.45) is 5.73 Å². The molecule has 0 bridgehead atoms. The van der Waals surface area contributed by atoms with Gasteiger partial charge in [0.1, 0.15) is 6.10 Å². The molecule has 1 aromatic rings. The molecule has 1 fully saturated rings. The Kier molecular flexibility index (Phi) is 5.24. The molecule has 5 heteroatoms. The van der Waals surface area contributed by atoms with Crippen LogP contribution in [0.3, 0.4) is 0 Å².